The van der Waals surface area contributed by atoms with Crippen molar-refractivity contribution in [2.75, 3.05) is 18.9 Å². The quantitative estimate of drug-likeness (QED) is 0.457. The number of hydrogen-bond acceptors (Lipinski definition) is 3. The van der Waals surface area contributed by atoms with E-state index in [1.54, 1.807) is 5.32 Å². The Labute approximate surface area is 164 Å². The zero-order valence-corrected chi connectivity index (χ0v) is 15.0. The number of nitrogens with zero attached hydrogens (tertiary/aromatic N) is 2. The molecule has 12 heteroatoms. The summed E-state index contributed by atoms with van der Waals surface area (Å²) in [5, 5.41) is 1.65. The number of likely N-dealkylation sites (tertiary alicyclic amines) is 1. The summed E-state index contributed by atoms with van der Waals surface area (Å²) in [5.74, 6) is -12.6. The minimum atomic E-state index is -4.60. The van der Waals surface area contributed by atoms with Gasteiger partial charge in [-0.1, -0.05) is 12.1 Å². The number of carbonyl (C=O) groups excluding carboxylic acids is 2. The van der Waals surface area contributed by atoms with Gasteiger partial charge in [-0.3, -0.25) is 9.59 Å². The number of halogens is 7. The van der Waals surface area contributed by atoms with Crippen molar-refractivity contribution in [2.24, 2.45) is 5.92 Å². The molecule has 2 atom stereocenters. The molecule has 0 spiro atoms. The Morgan fingerprint density at radius 1 is 1.07 bits per heavy atom. The van der Waals surface area contributed by atoms with Crippen LogP contribution in [0.2, 0.25) is 0 Å². The summed E-state index contributed by atoms with van der Waals surface area (Å²) >= 11 is 0. The van der Waals surface area contributed by atoms with E-state index >= 15 is 0 Å². The van der Waals surface area contributed by atoms with E-state index in [-0.39, 0.29) is 12.1 Å². The maximum absolute atomic E-state index is 13.8. The van der Waals surface area contributed by atoms with E-state index < -0.39 is 64.6 Å². The molecule has 1 aliphatic heterocycles. The van der Waals surface area contributed by atoms with Gasteiger partial charge in [0, 0.05) is 19.5 Å². The van der Waals surface area contributed by atoms with Crippen LogP contribution in [0, 0.1) is 29.4 Å². The number of aromatic nitrogens is 1. The van der Waals surface area contributed by atoms with Gasteiger partial charge in [0.25, 0.3) is 11.9 Å². The number of benzene rings is 1. The average molecular weight is 435 g/mol. The zero-order valence-electron chi connectivity index (χ0n) is 15.0. The molecule has 30 heavy (non-hydrogen) atoms. The van der Waals surface area contributed by atoms with Crippen LogP contribution < -0.4 is 5.32 Å². The van der Waals surface area contributed by atoms with E-state index in [0.29, 0.717) is 0 Å². The van der Waals surface area contributed by atoms with Crippen LogP contribution in [0.15, 0.2) is 24.3 Å². The fraction of sp³-hybridized carbons (Fsp3) is 0.278. The zero-order chi connectivity index (χ0) is 22.4. The second-order valence-corrected chi connectivity index (χ2v) is 6.61. The van der Waals surface area contributed by atoms with Gasteiger partial charge in [-0.2, -0.15) is 35.7 Å². The summed E-state index contributed by atoms with van der Waals surface area (Å²) in [5.41, 5.74) is -2.22. The molecule has 1 saturated heterocycles. The van der Waals surface area contributed by atoms with Gasteiger partial charge in [0.1, 0.15) is 11.6 Å². The van der Waals surface area contributed by atoms with Gasteiger partial charge < -0.3 is 10.2 Å². The van der Waals surface area contributed by atoms with Gasteiger partial charge in [-0.25, -0.2) is 0 Å². The molecule has 1 fully saturated rings. The fourth-order valence-corrected chi connectivity index (χ4v) is 3.21. The lowest BCUT2D eigenvalue weighted by Crippen LogP contribution is -2.33. The molecule has 1 aliphatic rings. The minimum absolute atomic E-state index is 0.0771. The molecule has 0 unspecified atom stereocenters. The molecule has 0 saturated carbocycles. The number of nitrogens with one attached hydrogen (secondary N) is 1. The highest BCUT2D eigenvalue weighted by Gasteiger charge is 2.45. The second kappa shape index (κ2) is 7.58. The van der Waals surface area contributed by atoms with Gasteiger partial charge in [-0.15, -0.1) is 0 Å². The number of pyridine rings is 1. The van der Waals surface area contributed by atoms with Crippen molar-refractivity contribution in [1.82, 2.24) is 9.88 Å². The van der Waals surface area contributed by atoms with Crippen LogP contribution >= 0.6 is 0 Å². The lowest BCUT2D eigenvalue weighted by Gasteiger charge is -2.18. The summed E-state index contributed by atoms with van der Waals surface area (Å²) in [6.07, 6.45) is -4.60. The van der Waals surface area contributed by atoms with Crippen LogP contribution in [0.25, 0.3) is 0 Å². The summed E-state index contributed by atoms with van der Waals surface area (Å²) in [4.78, 5) is 28.4. The van der Waals surface area contributed by atoms with Crippen LogP contribution in [0.3, 0.4) is 0 Å². The van der Waals surface area contributed by atoms with Crippen LogP contribution in [-0.2, 0) is 15.8 Å². The van der Waals surface area contributed by atoms with Crippen molar-refractivity contribution in [1.29, 1.82) is 0 Å². The normalized spacial score (nSPS) is 19.3. The smallest absolute Gasteiger partial charge is 0.344 e. The molecule has 2 heterocycles. The first-order valence-corrected chi connectivity index (χ1v) is 8.34. The van der Waals surface area contributed by atoms with Crippen molar-refractivity contribution in [2.45, 2.75) is 12.1 Å². The maximum Gasteiger partial charge on any atom is 0.416 e. The number of hydrogen-bond donors (Lipinski definition) is 1. The highest BCUT2D eigenvalue weighted by molar-refractivity contribution is 6.08. The third kappa shape index (κ3) is 3.81. The van der Waals surface area contributed by atoms with E-state index in [9.17, 15) is 40.3 Å². The minimum Gasteiger partial charge on any atom is -0.344 e. The molecule has 1 aromatic heterocycles. The molecular formula is C18H12F7N3O2. The molecule has 2 aromatic rings. The lowest BCUT2D eigenvalue weighted by atomic mass is 9.87. The van der Waals surface area contributed by atoms with E-state index in [1.807, 2.05) is 0 Å². The van der Waals surface area contributed by atoms with E-state index in [0.717, 1.165) is 29.2 Å². The SMILES string of the molecule is CN1C[C@@H](c2ccc(C(F)(F)F)cc2)[C@H](C(=O)Nc2c(F)c(F)nc(F)c2F)C1=O. The van der Waals surface area contributed by atoms with Crippen molar-refractivity contribution in [3.63, 3.8) is 0 Å². The number of amides is 2. The summed E-state index contributed by atoms with van der Waals surface area (Å²) < 4.78 is 92.3. The first kappa shape index (κ1) is 21.5. The van der Waals surface area contributed by atoms with Gasteiger partial charge in [0.15, 0.2) is 0 Å². The monoisotopic (exact) mass is 435 g/mol. The van der Waals surface area contributed by atoms with Crippen molar-refractivity contribution < 1.29 is 40.3 Å². The predicted molar refractivity (Wildman–Crippen MR) is 88.0 cm³/mol. The summed E-state index contributed by atoms with van der Waals surface area (Å²) in [6, 6.07) is 3.68. The standard InChI is InChI=1S/C18H12F7N3O2/c1-28-6-9(7-2-4-8(5-3-7)18(23,24)25)10(17(28)30)16(29)26-13-11(19)14(21)27-15(22)12(13)20/h2-5,9-10H,6H2,1H3,(H,26,27,29)/t9-,10+/m0/s1. The van der Waals surface area contributed by atoms with Gasteiger partial charge >= 0.3 is 6.18 Å². The Balaban J connectivity index is 1.93. The Morgan fingerprint density at radius 3 is 2.10 bits per heavy atom. The number of likely N-dealkylation sites (N-methyl/N-ethyl adjacent to an activating group) is 1. The van der Waals surface area contributed by atoms with E-state index in [1.165, 1.54) is 7.05 Å². The fourth-order valence-electron chi connectivity index (χ4n) is 3.21. The number of alkyl halides is 3. The molecule has 1 N–H and O–H groups in total. The second-order valence-electron chi connectivity index (χ2n) is 6.61. The van der Waals surface area contributed by atoms with Crippen LogP contribution in [0.5, 0.6) is 0 Å². The Hall–Kier alpha value is -3.18. The first-order chi connectivity index (χ1) is 13.9. The largest absolute Gasteiger partial charge is 0.416 e. The van der Waals surface area contributed by atoms with Crippen molar-refractivity contribution in [3.8, 4) is 0 Å². The highest BCUT2D eigenvalue weighted by Crippen LogP contribution is 2.36. The molecule has 0 aliphatic carbocycles. The Morgan fingerprint density at radius 2 is 1.60 bits per heavy atom. The number of rotatable bonds is 3. The van der Waals surface area contributed by atoms with Gasteiger partial charge in [0.2, 0.25) is 23.4 Å². The van der Waals surface area contributed by atoms with Crippen LogP contribution in [0.4, 0.5) is 36.4 Å². The lowest BCUT2D eigenvalue weighted by molar-refractivity contribution is -0.138. The summed E-state index contributed by atoms with van der Waals surface area (Å²) in [6.45, 7) is -0.0771. The molecule has 3 rings (SSSR count). The van der Waals surface area contributed by atoms with Crippen molar-refractivity contribution in [3.05, 3.63) is 58.9 Å². The first-order valence-electron chi connectivity index (χ1n) is 8.34. The molecule has 160 valence electrons. The Bertz CT molecular complexity index is 982. The number of anilines is 1. The molecule has 0 radical (unpaired) electrons. The molecule has 2 amide bonds. The molecule has 1 aromatic carbocycles. The third-order valence-corrected chi connectivity index (χ3v) is 4.71. The molecule has 0 bridgehead atoms. The molecule has 5 nitrogen and oxygen atoms in total. The van der Waals surface area contributed by atoms with Gasteiger partial charge in [-0.05, 0) is 17.7 Å². The average Bonchev–Trinajstić information content (AvgIpc) is 2.98. The van der Waals surface area contributed by atoms with Crippen LogP contribution in [-0.4, -0.2) is 35.3 Å². The highest BCUT2D eigenvalue weighted by atomic mass is 19.4. The predicted octanol–water partition coefficient (Wildman–Crippen LogP) is 3.47. The number of carbonyl (C=O) groups is 2. The topological polar surface area (TPSA) is 62.3 Å². The van der Waals surface area contributed by atoms with Gasteiger partial charge in [0.05, 0.1) is 5.56 Å². The Kier molecular flexibility index (Phi) is 5.44. The summed E-state index contributed by atoms with van der Waals surface area (Å²) in [7, 11) is 1.32. The van der Waals surface area contributed by atoms with E-state index in [4.69, 9.17) is 0 Å². The maximum atomic E-state index is 13.8. The van der Waals surface area contributed by atoms with Crippen molar-refractivity contribution >= 4 is 17.5 Å². The molecular weight excluding hydrogens is 423 g/mol. The van der Waals surface area contributed by atoms with Crippen LogP contribution in [0.1, 0.15) is 17.0 Å². The third-order valence-electron chi connectivity index (χ3n) is 4.71. The van der Waals surface area contributed by atoms with E-state index in [2.05, 4.69) is 4.98 Å².